The number of aromatic nitrogens is 2. The minimum absolute atomic E-state index is 0.0844. The van der Waals surface area contributed by atoms with Crippen molar-refractivity contribution in [3.05, 3.63) is 66.9 Å². The number of aryl methyl sites for hydroxylation is 2. The monoisotopic (exact) mass is 356 g/mol. The maximum absolute atomic E-state index is 12.8. The van der Waals surface area contributed by atoms with Crippen LogP contribution in [-0.2, 0) is 0 Å². The lowest BCUT2D eigenvalue weighted by molar-refractivity contribution is 0.474. The zero-order valence-electron chi connectivity index (χ0n) is 13.0. The van der Waals surface area contributed by atoms with Crippen LogP contribution in [0.4, 0.5) is 0 Å². The van der Waals surface area contributed by atoms with Gasteiger partial charge in [0.2, 0.25) is 0 Å². The van der Waals surface area contributed by atoms with E-state index in [0.29, 0.717) is 20.1 Å². The summed E-state index contributed by atoms with van der Waals surface area (Å²) in [5.41, 5.74) is 4.27. The van der Waals surface area contributed by atoms with Gasteiger partial charge < -0.3 is 5.11 Å². The Hall–Kier alpha value is -2.37. The molecule has 0 saturated carbocycles. The van der Waals surface area contributed by atoms with Crippen LogP contribution in [0.3, 0.4) is 0 Å². The lowest BCUT2D eigenvalue weighted by atomic mass is 10.1. The number of fused-ring (bicyclic) bond motifs is 3. The standard InChI is InChI=1S/C18H13ClN2O2S/c1-9-5-13-14(6-10(9)2)21-17(23)16(24-18(21)20-13)8-11-7-12(19)3-4-15(11)22/h3-8,22H,1-2H3/b16-8-. The maximum Gasteiger partial charge on any atom is 0.274 e. The maximum atomic E-state index is 12.8. The first-order valence-electron chi connectivity index (χ1n) is 7.36. The number of hydrogen-bond acceptors (Lipinski definition) is 4. The van der Waals surface area contributed by atoms with Crippen LogP contribution in [0.15, 0.2) is 35.1 Å². The van der Waals surface area contributed by atoms with Gasteiger partial charge in [0.05, 0.1) is 15.6 Å². The van der Waals surface area contributed by atoms with E-state index in [2.05, 4.69) is 4.98 Å². The Morgan fingerprint density at radius 1 is 1.21 bits per heavy atom. The molecular weight excluding hydrogens is 344 g/mol. The SMILES string of the molecule is Cc1cc2nc3s/c(=C\c4cc(Cl)ccc4O)c(=O)n3c2cc1C. The largest absolute Gasteiger partial charge is 0.507 e. The molecule has 4 nitrogen and oxygen atoms in total. The van der Waals surface area contributed by atoms with Crippen LogP contribution < -0.4 is 10.1 Å². The number of rotatable bonds is 1. The molecule has 0 aliphatic heterocycles. The third-order valence-corrected chi connectivity index (χ3v) is 5.33. The van der Waals surface area contributed by atoms with Crippen molar-refractivity contribution < 1.29 is 5.11 Å². The first kappa shape index (κ1) is 15.2. The van der Waals surface area contributed by atoms with Crippen LogP contribution in [0.1, 0.15) is 16.7 Å². The summed E-state index contributed by atoms with van der Waals surface area (Å²) < 4.78 is 2.13. The highest BCUT2D eigenvalue weighted by molar-refractivity contribution is 7.15. The number of imidazole rings is 1. The van der Waals surface area contributed by atoms with Gasteiger partial charge in [-0.25, -0.2) is 9.38 Å². The number of halogens is 1. The number of phenols is 1. The molecule has 2 aromatic heterocycles. The van der Waals surface area contributed by atoms with Gasteiger partial charge >= 0.3 is 0 Å². The average molecular weight is 357 g/mol. The van der Waals surface area contributed by atoms with Crippen LogP contribution in [-0.4, -0.2) is 14.5 Å². The van der Waals surface area contributed by atoms with Crippen LogP contribution in [0.2, 0.25) is 5.02 Å². The molecule has 2 heterocycles. The molecule has 0 fully saturated rings. The molecule has 24 heavy (non-hydrogen) atoms. The van der Waals surface area contributed by atoms with Crippen molar-refractivity contribution in [1.29, 1.82) is 0 Å². The van der Waals surface area contributed by atoms with Gasteiger partial charge in [-0.2, -0.15) is 0 Å². The Balaban J connectivity index is 2.03. The van der Waals surface area contributed by atoms with Crippen LogP contribution >= 0.6 is 22.9 Å². The van der Waals surface area contributed by atoms with E-state index in [-0.39, 0.29) is 11.3 Å². The van der Waals surface area contributed by atoms with E-state index in [1.165, 1.54) is 17.4 Å². The van der Waals surface area contributed by atoms with E-state index in [0.717, 1.165) is 22.2 Å². The summed E-state index contributed by atoms with van der Waals surface area (Å²) in [6.07, 6.45) is 1.65. The van der Waals surface area contributed by atoms with Gasteiger partial charge in [0, 0.05) is 10.6 Å². The molecule has 0 amide bonds. The second kappa shape index (κ2) is 5.33. The summed E-state index contributed by atoms with van der Waals surface area (Å²) in [7, 11) is 0. The molecule has 4 rings (SSSR count). The molecule has 0 spiro atoms. The van der Waals surface area contributed by atoms with E-state index in [1.807, 2.05) is 26.0 Å². The Bertz CT molecular complexity index is 1220. The highest BCUT2D eigenvalue weighted by Crippen LogP contribution is 2.23. The van der Waals surface area contributed by atoms with Gasteiger partial charge in [0.1, 0.15) is 5.75 Å². The first-order valence-corrected chi connectivity index (χ1v) is 8.56. The van der Waals surface area contributed by atoms with Gasteiger partial charge in [-0.1, -0.05) is 22.9 Å². The fourth-order valence-corrected chi connectivity index (χ4v) is 3.86. The van der Waals surface area contributed by atoms with E-state index in [1.54, 1.807) is 22.6 Å². The molecule has 2 aromatic carbocycles. The molecule has 0 radical (unpaired) electrons. The molecular formula is C18H13ClN2O2S. The second-order valence-electron chi connectivity index (χ2n) is 5.77. The summed E-state index contributed by atoms with van der Waals surface area (Å²) in [5.74, 6) is 0.0844. The molecule has 0 atom stereocenters. The molecule has 120 valence electrons. The Labute approximate surface area is 146 Å². The highest BCUT2D eigenvalue weighted by atomic mass is 35.5. The predicted molar refractivity (Wildman–Crippen MR) is 98.2 cm³/mol. The smallest absolute Gasteiger partial charge is 0.274 e. The van der Waals surface area contributed by atoms with Crippen molar-refractivity contribution in [3.8, 4) is 5.75 Å². The van der Waals surface area contributed by atoms with E-state index >= 15 is 0 Å². The topological polar surface area (TPSA) is 54.6 Å². The predicted octanol–water partition coefficient (Wildman–Crippen LogP) is 3.43. The van der Waals surface area contributed by atoms with Crippen molar-refractivity contribution >= 4 is 45.0 Å². The van der Waals surface area contributed by atoms with Crippen molar-refractivity contribution in [1.82, 2.24) is 9.38 Å². The molecule has 0 aliphatic rings. The minimum atomic E-state index is -0.139. The third kappa shape index (κ3) is 2.28. The number of phenolic OH excluding ortho intramolecular Hbond substituents is 1. The number of thiazole rings is 1. The van der Waals surface area contributed by atoms with Crippen LogP contribution in [0.5, 0.6) is 5.75 Å². The second-order valence-corrected chi connectivity index (χ2v) is 7.22. The van der Waals surface area contributed by atoms with Gasteiger partial charge in [0.15, 0.2) is 4.96 Å². The number of aromatic hydroxyl groups is 1. The van der Waals surface area contributed by atoms with E-state index < -0.39 is 0 Å². The molecule has 6 heteroatoms. The zero-order valence-corrected chi connectivity index (χ0v) is 14.6. The van der Waals surface area contributed by atoms with Crippen molar-refractivity contribution in [2.75, 3.05) is 0 Å². The average Bonchev–Trinajstić information content (AvgIpc) is 3.01. The number of benzene rings is 2. The molecule has 0 unspecified atom stereocenters. The Kier molecular flexibility index (Phi) is 3.37. The van der Waals surface area contributed by atoms with E-state index in [9.17, 15) is 9.90 Å². The third-order valence-electron chi connectivity index (χ3n) is 4.13. The molecule has 0 saturated heterocycles. The van der Waals surface area contributed by atoms with Crippen molar-refractivity contribution in [2.45, 2.75) is 13.8 Å². The molecule has 1 N–H and O–H groups in total. The molecule has 4 aromatic rings. The number of nitrogens with zero attached hydrogens (tertiary/aromatic N) is 2. The summed E-state index contributed by atoms with van der Waals surface area (Å²) in [6.45, 7) is 4.05. The van der Waals surface area contributed by atoms with Crippen molar-refractivity contribution in [2.24, 2.45) is 0 Å². The normalized spacial score (nSPS) is 12.5. The Morgan fingerprint density at radius 2 is 1.96 bits per heavy atom. The van der Waals surface area contributed by atoms with Crippen LogP contribution in [0, 0.1) is 13.8 Å². The quantitative estimate of drug-likeness (QED) is 0.568. The lowest BCUT2D eigenvalue weighted by Gasteiger charge is -1.99. The van der Waals surface area contributed by atoms with E-state index in [4.69, 9.17) is 11.6 Å². The van der Waals surface area contributed by atoms with Gasteiger partial charge in [-0.15, -0.1) is 0 Å². The lowest BCUT2D eigenvalue weighted by Crippen LogP contribution is -2.22. The Morgan fingerprint density at radius 3 is 2.75 bits per heavy atom. The summed E-state index contributed by atoms with van der Waals surface area (Å²) in [4.78, 5) is 18.0. The van der Waals surface area contributed by atoms with Gasteiger partial charge in [-0.05, 0) is 61.4 Å². The molecule has 0 aliphatic carbocycles. The zero-order chi connectivity index (χ0) is 17.0. The van der Waals surface area contributed by atoms with Crippen LogP contribution in [0.25, 0.3) is 22.1 Å². The summed E-state index contributed by atoms with van der Waals surface area (Å²) >= 11 is 7.27. The van der Waals surface area contributed by atoms with Gasteiger partial charge in [0.25, 0.3) is 5.56 Å². The fraction of sp³-hybridized carbons (Fsp3) is 0.111. The minimum Gasteiger partial charge on any atom is -0.507 e. The molecule has 0 bridgehead atoms. The highest BCUT2D eigenvalue weighted by Gasteiger charge is 2.12. The van der Waals surface area contributed by atoms with Gasteiger partial charge in [-0.3, -0.25) is 4.79 Å². The number of hydrogen-bond donors (Lipinski definition) is 1. The van der Waals surface area contributed by atoms with Crippen molar-refractivity contribution in [3.63, 3.8) is 0 Å². The first-order chi connectivity index (χ1) is 11.4. The fourth-order valence-electron chi connectivity index (χ4n) is 2.70. The summed E-state index contributed by atoms with van der Waals surface area (Å²) in [5, 5.41) is 10.4. The summed E-state index contributed by atoms with van der Waals surface area (Å²) in [6, 6.07) is 8.73.